The summed E-state index contributed by atoms with van der Waals surface area (Å²) < 4.78 is 0. The van der Waals surface area contributed by atoms with Crippen LogP contribution in [0, 0.1) is 0 Å². The summed E-state index contributed by atoms with van der Waals surface area (Å²) >= 11 is 14.3. The molecule has 0 radical (unpaired) electrons. The molecule has 1 rings (SSSR count). The van der Waals surface area contributed by atoms with Crippen molar-refractivity contribution < 1.29 is 0 Å². The summed E-state index contributed by atoms with van der Waals surface area (Å²) in [7, 11) is 0. The summed E-state index contributed by atoms with van der Waals surface area (Å²) in [5.74, 6) is 2.22. The van der Waals surface area contributed by atoms with Gasteiger partial charge in [-0.05, 0) is 48.9 Å². The van der Waals surface area contributed by atoms with Gasteiger partial charge in [0, 0.05) is 21.8 Å². The van der Waals surface area contributed by atoms with Crippen LogP contribution < -0.4 is 5.32 Å². The Labute approximate surface area is 125 Å². The average Bonchev–Trinajstić information content (AvgIpc) is 2.37. The lowest BCUT2D eigenvalue weighted by Crippen LogP contribution is -2.24. The summed E-state index contributed by atoms with van der Waals surface area (Å²) in [6, 6.07) is 5.98. The highest BCUT2D eigenvalue weighted by Gasteiger charge is 2.14. The van der Waals surface area contributed by atoms with Crippen LogP contribution in [-0.4, -0.2) is 18.1 Å². The van der Waals surface area contributed by atoms with Crippen molar-refractivity contribution in [3.63, 3.8) is 0 Å². The van der Waals surface area contributed by atoms with Crippen molar-refractivity contribution in [1.82, 2.24) is 5.32 Å². The molecule has 0 aliphatic carbocycles. The number of rotatable bonds is 8. The fourth-order valence-corrected chi connectivity index (χ4v) is 3.12. The van der Waals surface area contributed by atoms with Gasteiger partial charge < -0.3 is 5.32 Å². The molecular formula is C14H21Cl2NS. The van der Waals surface area contributed by atoms with Crippen LogP contribution in [0.5, 0.6) is 0 Å². The maximum Gasteiger partial charge on any atom is 0.0455 e. The van der Waals surface area contributed by atoms with Crippen molar-refractivity contribution in [2.24, 2.45) is 0 Å². The molecule has 0 fully saturated rings. The van der Waals surface area contributed by atoms with Crippen LogP contribution in [0.15, 0.2) is 18.2 Å². The Morgan fingerprint density at radius 2 is 2.00 bits per heavy atom. The summed E-state index contributed by atoms with van der Waals surface area (Å²) in [6.45, 7) is 5.37. The van der Waals surface area contributed by atoms with Gasteiger partial charge in [-0.25, -0.2) is 0 Å². The Kier molecular flexibility index (Phi) is 8.16. The number of hydrogen-bond donors (Lipinski definition) is 1. The second-order valence-electron chi connectivity index (χ2n) is 4.25. The van der Waals surface area contributed by atoms with Gasteiger partial charge in [0.25, 0.3) is 0 Å². The van der Waals surface area contributed by atoms with Crippen LogP contribution in [0.2, 0.25) is 10.0 Å². The number of nitrogens with one attached hydrogen (secondary N) is 1. The van der Waals surface area contributed by atoms with E-state index in [4.69, 9.17) is 23.2 Å². The molecule has 0 aliphatic heterocycles. The first-order valence-electron chi connectivity index (χ1n) is 6.45. The first kappa shape index (κ1) is 16.2. The number of benzene rings is 1. The zero-order valence-corrected chi connectivity index (χ0v) is 13.3. The molecule has 1 atom stereocenters. The molecule has 18 heavy (non-hydrogen) atoms. The van der Waals surface area contributed by atoms with Gasteiger partial charge in [-0.1, -0.05) is 37.0 Å². The van der Waals surface area contributed by atoms with E-state index in [0.717, 1.165) is 34.3 Å². The molecule has 1 aromatic rings. The minimum absolute atomic E-state index is 0.285. The minimum Gasteiger partial charge on any atom is -0.309 e. The molecule has 0 saturated heterocycles. The monoisotopic (exact) mass is 305 g/mol. The molecular weight excluding hydrogens is 285 g/mol. The Morgan fingerprint density at radius 3 is 2.67 bits per heavy atom. The lowest BCUT2D eigenvalue weighted by atomic mass is 10.1. The summed E-state index contributed by atoms with van der Waals surface area (Å²) in [6.07, 6.45) is 2.32. The molecule has 1 N–H and O–H groups in total. The van der Waals surface area contributed by atoms with Gasteiger partial charge in [-0.15, -0.1) is 0 Å². The third-order valence-electron chi connectivity index (χ3n) is 2.61. The lowest BCUT2D eigenvalue weighted by Gasteiger charge is -2.20. The largest absolute Gasteiger partial charge is 0.309 e. The maximum atomic E-state index is 6.27. The van der Waals surface area contributed by atoms with Crippen molar-refractivity contribution in [3.8, 4) is 0 Å². The van der Waals surface area contributed by atoms with Gasteiger partial charge in [0.05, 0.1) is 0 Å². The van der Waals surface area contributed by atoms with E-state index in [1.807, 2.05) is 30.0 Å². The smallest absolute Gasteiger partial charge is 0.0455 e. The van der Waals surface area contributed by atoms with Gasteiger partial charge in [0.1, 0.15) is 0 Å². The van der Waals surface area contributed by atoms with E-state index in [1.165, 1.54) is 12.2 Å². The molecule has 0 bridgehead atoms. The second-order valence-corrected chi connectivity index (χ2v) is 6.24. The topological polar surface area (TPSA) is 12.0 Å². The molecule has 0 amide bonds. The highest BCUT2D eigenvalue weighted by molar-refractivity contribution is 7.99. The van der Waals surface area contributed by atoms with E-state index < -0.39 is 0 Å². The number of thioether (sulfide) groups is 1. The average molecular weight is 306 g/mol. The summed E-state index contributed by atoms with van der Waals surface area (Å²) in [5.41, 5.74) is 1.11. The zero-order valence-electron chi connectivity index (χ0n) is 11.0. The second kappa shape index (κ2) is 9.08. The SMILES string of the molecule is CCCNC(CSCCC)c1cc(Cl)ccc1Cl. The van der Waals surface area contributed by atoms with Crippen LogP contribution in [0.1, 0.15) is 38.3 Å². The van der Waals surface area contributed by atoms with E-state index in [2.05, 4.69) is 19.2 Å². The maximum absolute atomic E-state index is 6.27. The highest BCUT2D eigenvalue weighted by atomic mass is 35.5. The van der Waals surface area contributed by atoms with E-state index in [1.54, 1.807) is 0 Å². The van der Waals surface area contributed by atoms with Gasteiger partial charge in [0.2, 0.25) is 0 Å². The highest BCUT2D eigenvalue weighted by Crippen LogP contribution is 2.28. The van der Waals surface area contributed by atoms with Gasteiger partial charge >= 0.3 is 0 Å². The molecule has 0 aromatic heterocycles. The van der Waals surface area contributed by atoms with E-state index in [9.17, 15) is 0 Å². The number of hydrogen-bond acceptors (Lipinski definition) is 2. The van der Waals surface area contributed by atoms with Crippen molar-refractivity contribution in [2.45, 2.75) is 32.7 Å². The van der Waals surface area contributed by atoms with Gasteiger partial charge in [-0.3, -0.25) is 0 Å². The van der Waals surface area contributed by atoms with Gasteiger partial charge in [0.15, 0.2) is 0 Å². The third kappa shape index (κ3) is 5.40. The van der Waals surface area contributed by atoms with Crippen molar-refractivity contribution in [3.05, 3.63) is 33.8 Å². The zero-order chi connectivity index (χ0) is 13.4. The van der Waals surface area contributed by atoms with E-state index in [0.29, 0.717) is 0 Å². The standard InChI is InChI=1S/C14H21Cl2NS/c1-3-7-17-14(10-18-8-4-2)12-9-11(15)5-6-13(12)16/h5-6,9,14,17H,3-4,7-8,10H2,1-2H3. The van der Waals surface area contributed by atoms with Crippen LogP contribution in [0.25, 0.3) is 0 Å². The molecule has 1 unspecified atom stereocenters. The molecule has 0 saturated carbocycles. The molecule has 0 heterocycles. The number of halogens is 2. The first-order valence-corrected chi connectivity index (χ1v) is 8.36. The quantitative estimate of drug-likeness (QED) is 0.664. The summed E-state index contributed by atoms with van der Waals surface area (Å²) in [5, 5.41) is 5.09. The molecule has 102 valence electrons. The molecule has 1 aromatic carbocycles. The Balaban J connectivity index is 2.75. The van der Waals surface area contributed by atoms with Crippen molar-refractivity contribution >= 4 is 35.0 Å². The Bertz CT molecular complexity index is 358. The lowest BCUT2D eigenvalue weighted by molar-refractivity contribution is 0.577. The predicted molar refractivity (Wildman–Crippen MR) is 85.1 cm³/mol. The van der Waals surface area contributed by atoms with Crippen molar-refractivity contribution in [2.75, 3.05) is 18.1 Å². The van der Waals surface area contributed by atoms with Crippen LogP contribution >= 0.6 is 35.0 Å². The molecule has 0 spiro atoms. The van der Waals surface area contributed by atoms with Crippen LogP contribution in [0.3, 0.4) is 0 Å². The molecule has 0 aliphatic rings. The molecule has 1 nitrogen and oxygen atoms in total. The Morgan fingerprint density at radius 1 is 1.22 bits per heavy atom. The minimum atomic E-state index is 0.285. The van der Waals surface area contributed by atoms with E-state index in [-0.39, 0.29) is 6.04 Å². The normalized spacial score (nSPS) is 12.7. The third-order valence-corrected chi connectivity index (χ3v) is 4.45. The van der Waals surface area contributed by atoms with E-state index >= 15 is 0 Å². The predicted octanol–water partition coefficient (Wildman–Crippen LogP) is 5.18. The first-order chi connectivity index (χ1) is 8.69. The van der Waals surface area contributed by atoms with Crippen LogP contribution in [0.4, 0.5) is 0 Å². The van der Waals surface area contributed by atoms with Gasteiger partial charge in [-0.2, -0.15) is 11.8 Å². The van der Waals surface area contributed by atoms with Crippen LogP contribution in [-0.2, 0) is 0 Å². The Hall–Kier alpha value is 0.110. The molecule has 4 heteroatoms. The van der Waals surface area contributed by atoms with Crippen molar-refractivity contribution in [1.29, 1.82) is 0 Å². The fourth-order valence-electron chi connectivity index (χ4n) is 1.70. The fraction of sp³-hybridized carbons (Fsp3) is 0.571. The summed E-state index contributed by atoms with van der Waals surface area (Å²) in [4.78, 5) is 0.